The first-order valence-electron chi connectivity index (χ1n) is 5.20. The lowest BCUT2D eigenvalue weighted by Crippen LogP contribution is -1.87. The molecule has 0 amide bonds. The zero-order chi connectivity index (χ0) is 9.80. The lowest BCUT2D eigenvalue weighted by atomic mass is 10.1. The van der Waals surface area contributed by atoms with Crippen LogP contribution >= 0.6 is 0 Å². The van der Waals surface area contributed by atoms with Gasteiger partial charge in [-0.15, -0.1) is 0 Å². The molecule has 0 bridgehead atoms. The number of nitrogens with one attached hydrogen (secondary N) is 1. The van der Waals surface area contributed by atoms with Crippen molar-refractivity contribution in [2.75, 3.05) is 0 Å². The molecule has 0 atom stereocenters. The standard InChI is InChI=1S/C11H15N3/c1-2-3-4-6-9-7-5-8-10-11(9)13-14-12-10/h5,7-8H,2-4,6H2,1H3,(H,12,13,14). The van der Waals surface area contributed by atoms with Crippen LogP contribution in [0, 0.1) is 0 Å². The van der Waals surface area contributed by atoms with Gasteiger partial charge in [0.05, 0.1) is 0 Å². The minimum absolute atomic E-state index is 0.971. The van der Waals surface area contributed by atoms with Crippen LogP contribution in [0.4, 0.5) is 0 Å². The molecule has 74 valence electrons. The van der Waals surface area contributed by atoms with Crippen molar-refractivity contribution in [3.05, 3.63) is 23.8 Å². The van der Waals surface area contributed by atoms with Crippen molar-refractivity contribution in [3.8, 4) is 0 Å². The van der Waals surface area contributed by atoms with E-state index < -0.39 is 0 Å². The van der Waals surface area contributed by atoms with Gasteiger partial charge in [-0.05, 0) is 24.5 Å². The van der Waals surface area contributed by atoms with Crippen LogP contribution in [0.15, 0.2) is 18.2 Å². The van der Waals surface area contributed by atoms with Crippen LogP contribution in [-0.2, 0) is 6.42 Å². The van der Waals surface area contributed by atoms with E-state index in [2.05, 4.69) is 28.4 Å². The molecule has 2 rings (SSSR count). The highest BCUT2D eigenvalue weighted by Crippen LogP contribution is 2.15. The van der Waals surface area contributed by atoms with E-state index in [-0.39, 0.29) is 0 Å². The summed E-state index contributed by atoms with van der Waals surface area (Å²) in [5, 5.41) is 10.9. The van der Waals surface area contributed by atoms with Gasteiger partial charge >= 0.3 is 0 Å². The molecule has 0 aliphatic heterocycles. The third kappa shape index (κ3) is 1.76. The van der Waals surface area contributed by atoms with Crippen LogP contribution in [-0.4, -0.2) is 15.4 Å². The number of aryl methyl sites for hydroxylation is 1. The number of unbranched alkanes of at least 4 members (excludes halogenated alkanes) is 2. The van der Waals surface area contributed by atoms with Gasteiger partial charge in [0.15, 0.2) is 0 Å². The van der Waals surface area contributed by atoms with E-state index >= 15 is 0 Å². The van der Waals surface area contributed by atoms with E-state index in [1.165, 1.54) is 24.8 Å². The van der Waals surface area contributed by atoms with Crippen molar-refractivity contribution in [2.24, 2.45) is 0 Å². The summed E-state index contributed by atoms with van der Waals surface area (Å²) in [6.45, 7) is 2.22. The SMILES string of the molecule is CCCCCc1cccc2n[nH]nc12. The number of aromatic nitrogens is 3. The molecule has 3 heteroatoms. The Balaban J connectivity index is 2.19. The summed E-state index contributed by atoms with van der Waals surface area (Å²) in [7, 11) is 0. The Hall–Kier alpha value is -1.38. The lowest BCUT2D eigenvalue weighted by Gasteiger charge is -2.00. The first-order valence-corrected chi connectivity index (χ1v) is 5.20. The molecule has 3 nitrogen and oxygen atoms in total. The van der Waals surface area contributed by atoms with Crippen molar-refractivity contribution in [3.63, 3.8) is 0 Å². The minimum Gasteiger partial charge on any atom is -0.197 e. The highest BCUT2D eigenvalue weighted by Gasteiger charge is 2.03. The van der Waals surface area contributed by atoms with Crippen LogP contribution in [0.3, 0.4) is 0 Å². The number of benzene rings is 1. The van der Waals surface area contributed by atoms with Crippen LogP contribution in [0.5, 0.6) is 0 Å². The summed E-state index contributed by atoms with van der Waals surface area (Å²) >= 11 is 0. The van der Waals surface area contributed by atoms with Gasteiger partial charge in [-0.2, -0.15) is 15.4 Å². The molecule has 0 spiro atoms. The smallest absolute Gasteiger partial charge is 0.116 e. The van der Waals surface area contributed by atoms with Crippen molar-refractivity contribution in [1.82, 2.24) is 15.4 Å². The van der Waals surface area contributed by atoms with Crippen LogP contribution in [0.1, 0.15) is 31.7 Å². The third-order valence-corrected chi connectivity index (χ3v) is 2.48. The summed E-state index contributed by atoms with van der Waals surface area (Å²) in [6.07, 6.45) is 4.89. The molecule has 1 heterocycles. The maximum atomic E-state index is 4.16. The summed E-state index contributed by atoms with van der Waals surface area (Å²) in [6, 6.07) is 6.18. The van der Waals surface area contributed by atoms with E-state index in [0.29, 0.717) is 0 Å². The number of rotatable bonds is 4. The molecule has 0 fully saturated rings. The van der Waals surface area contributed by atoms with E-state index in [4.69, 9.17) is 0 Å². The van der Waals surface area contributed by atoms with E-state index in [1.54, 1.807) is 0 Å². The third-order valence-electron chi connectivity index (χ3n) is 2.48. The highest BCUT2D eigenvalue weighted by molar-refractivity contribution is 5.77. The molecule has 1 aromatic carbocycles. The topological polar surface area (TPSA) is 41.6 Å². The second kappa shape index (κ2) is 4.22. The Labute approximate surface area is 83.5 Å². The average Bonchev–Trinajstić information content (AvgIpc) is 2.67. The molecular weight excluding hydrogens is 174 g/mol. The number of hydrogen-bond acceptors (Lipinski definition) is 2. The van der Waals surface area contributed by atoms with Crippen LogP contribution in [0.2, 0.25) is 0 Å². The Kier molecular flexibility index (Phi) is 2.77. The monoisotopic (exact) mass is 189 g/mol. The molecule has 0 unspecified atom stereocenters. The van der Waals surface area contributed by atoms with Gasteiger partial charge in [-0.25, -0.2) is 0 Å². The number of fused-ring (bicyclic) bond motifs is 1. The van der Waals surface area contributed by atoms with Gasteiger partial charge < -0.3 is 0 Å². The molecule has 0 saturated carbocycles. The van der Waals surface area contributed by atoms with Gasteiger partial charge in [0.1, 0.15) is 11.0 Å². The van der Waals surface area contributed by atoms with Crippen molar-refractivity contribution < 1.29 is 0 Å². The molecule has 14 heavy (non-hydrogen) atoms. The molecule has 2 aromatic rings. The fourth-order valence-corrected chi connectivity index (χ4v) is 1.69. The molecule has 0 aliphatic carbocycles. The first kappa shape index (κ1) is 9.19. The molecule has 0 saturated heterocycles. The lowest BCUT2D eigenvalue weighted by molar-refractivity contribution is 0.719. The number of nitrogens with zero attached hydrogens (tertiary/aromatic N) is 2. The number of para-hydroxylation sites is 1. The summed E-state index contributed by atoms with van der Waals surface area (Å²) in [5.41, 5.74) is 3.31. The molecule has 1 aromatic heterocycles. The van der Waals surface area contributed by atoms with Crippen LogP contribution in [0.25, 0.3) is 11.0 Å². The average molecular weight is 189 g/mol. The maximum Gasteiger partial charge on any atom is 0.116 e. The van der Waals surface area contributed by atoms with Gasteiger partial charge in [-0.1, -0.05) is 31.9 Å². The molecular formula is C11H15N3. The largest absolute Gasteiger partial charge is 0.197 e. The second-order valence-corrected chi connectivity index (χ2v) is 3.57. The zero-order valence-electron chi connectivity index (χ0n) is 8.45. The Morgan fingerprint density at radius 2 is 2.14 bits per heavy atom. The van der Waals surface area contributed by atoms with Gasteiger partial charge in [0, 0.05) is 0 Å². The van der Waals surface area contributed by atoms with Gasteiger partial charge in [0.2, 0.25) is 0 Å². The second-order valence-electron chi connectivity index (χ2n) is 3.57. The molecule has 0 radical (unpaired) electrons. The summed E-state index contributed by atoms with van der Waals surface area (Å²) in [4.78, 5) is 0. The number of aromatic amines is 1. The molecule has 0 aliphatic rings. The Bertz CT molecular complexity index is 406. The van der Waals surface area contributed by atoms with Gasteiger partial charge in [0.25, 0.3) is 0 Å². The molecule has 1 N–H and O–H groups in total. The van der Waals surface area contributed by atoms with Crippen LogP contribution < -0.4 is 0 Å². The quantitative estimate of drug-likeness (QED) is 0.751. The summed E-state index contributed by atoms with van der Waals surface area (Å²) in [5.74, 6) is 0. The van der Waals surface area contributed by atoms with Crippen molar-refractivity contribution >= 4 is 11.0 Å². The highest BCUT2D eigenvalue weighted by atomic mass is 15.3. The van der Waals surface area contributed by atoms with Crippen molar-refractivity contribution in [2.45, 2.75) is 32.6 Å². The Morgan fingerprint density at radius 3 is 3.00 bits per heavy atom. The van der Waals surface area contributed by atoms with E-state index in [0.717, 1.165) is 17.5 Å². The normalized spacial score (nSPS) is 10.9. The summed E-state index contributed by atoms with van der Waals surface area (Å²) < 4.78 is 0. The Morgan fingerprint density at radius 1 is 1.21 bits per heavy atom. The fraction of sp³-hybridized carbons (Fsp3) is 0.455. The zero-order valence-corrected chi connectivity index (χ0v) is 8.45. The number of hydrogen-bond donors (Lipinski definition) is 1. The van der Waals surface area contributed by atoms with E-state index in [9.17, 15) is 0 Å². The van der Waals surface area contributed by atoms with E-state index in [1.807, 2.05) is 12.1 Å². The van der Waals surface area contributed by atoms with Crippen molar-refractivity contribution in [1.29, 1.82) is 0 Å². The maximum absolute atomic E-state index is 4.16. The number of H-pyrrole nitrogens is 1. The fourth-order valence-electron chi connectivity index (χ4n) is 1.69. The van der Waals surface area contributed by atoms with Gasteiger partial charge in [-0.3, -0.25) is 0 Å². The predicted molar refractivity (Wildman–Crippen MR) is 57.1 cm³/mol. The predicted octanol–water partition coefficient (Wildman–Crippen LogP) is 2.69. The first-order chi connectivity index (χ1) is 6.92. The minimum atomic E-state index is 0.971.